The summed E-state index contributed by atoms with van der Waals surface area (Å²) in [5.41, 5.74) is 0. The van der Waals surface area contributed by atoms with Crippen LogP contribution >= 0.6 is 31.9 Å². The maximum Gasteiger partial charge on any atom is 0.454 e. The number of halogens is 5. The quantitative estimate of drug-likeness (QED) is 0.453. The first-order chi connectivity index (χ1) is 5.79. The van der Waals surface area contributed by atoms with Gasteiger partial charge in [0.25, 0.3) is 5.78 Å². The van der Waals surface area contributed by atoms with E-state index >= 15 is 0 Å². The third-order valence-electron chi connectivity index (χ3n) is 1.00. The molecule has 76 valence electrons. The molecule has 0 aliphatic carbocycles. The van der Waals surface area contributed by atoms with Crippen LogP contribution in [0.4, 0.5) is 13.2 Å². The lowest BCUT2D eigenvalue weighted by atomic mass is 10.3. The van der Waals surface area contributed by atoms with Gasteiger partial charge in [-0.2, -0.15) is 13.2 Å². The van der Waals surface area contributed by atoms with E-state index in [0.717, 1.165) is 0 Å². The van der Waals surface area contributed by atoms with Crippen LogP contribution in [-0.2, 0) is 9.53 Å². The molecule has 0 rings (SSSR count). The minimum absolute atomic E-state index is 0.137. The van der Waals surface area contributed by atoms with Crippen molar-refractivity contribution < 1.29 is 22.7 Å². The SMILES string of the molecule is CO/C(=C\C(=O)C(F)(F)F)C(Br)Br. The third kappa shape index (κ3) is 4.66. The zero-order chi connectivity index (χ0) is 10.6. The molecule has 0 saturated heterocycles. The highest BCUT2D eigenvalue weighted by molar-refractivity contribution is 9.24. The molecule has 0 aliphatic heterocycles. The molecule has 0 aromatic rings. The Balaban J connectivity index is 4.62. The van der Waals surface area contributed by atoms with Crippen molar-refractivity contribution in [2.75, 3.05) is 7.11 Å². The molecule has 0 N–H and O–H groups in total. The summed E-state index contributed by atoms with van der Waals surface area (Å²) >= 11 is 5.80. The lowest BCUT2D eigenvalue weighted by molar-refractivity contribution is -0.165. The van der Waals surface area contributed by atoms with E-state index in [4.69, 9.17) is 0 Å². The first kappa shape index (κ1) is 13.0. The van der Waals surface area contributed by atoms with Gasteiger partial charge in [-0.15, -0.1) is 0 Å². The Morgan fingerprint density at radius 1 is 1.46 bits per heavy atom. The van der Waals surface area contributed by atoms with Crippen LogP contribution in [-0.4, -0.2) is 22.8 Å². The molecule has 0 bridgehead atoms. The fraction of sp³-hybridized carbons (Fsp3) is 0.500. The summed E-state index contributed by atoms with van der Waals surface area (Å²) in [6.45, 7) is 0. The molecule has 13 heavy (non-hydrogen) atoms. The van der Waals surface area contributed by atoms with E-state index in [0.29, 0.717) is 6.08 Å². The number of rotatable bonds is 3. The maximum atomic E-state index is 11.7. The molecule has 0 fully saturated rings. The van der Waals surface area contributed by atoms with Crippen molar-refractivity contribution in [3.05, 3.63) is 11.8 Å². The second kappa shape index (κ2) is 4.99. The number of hydrogen-bond acceptors (Lipinski definition) is 2. The summed E-state index contributed by atoms with van der Waals surface area (Å²) in [7, 11) is 1.17. The van der Waals surface area contributed by atoms with Crippen LogP contribution in [0, 0.1) is 0 Å². The Hall–Kier alpha value is -0.0400. The minimum Gasteiger partial charge on any atom is -0.499 e. The maximum absolute atomic E-state index is 11.7. The molecular formula is C6H5Br2F3O2. The van der Waals surface area contributed by atoms with Crippen molar-refractivity contribution >= 4 is 37.6 Å². The van der Waals surface area contributed by atoms with Gasteiger partial charge in [0.1, 0.15) is 9.50 Å². The largest absolute Gasteiger partial charge is 0.499 e. The van der Waals surface area contributed by atoms with Crippen molar-refractivity contribution in [1.82, 2.24) is 0 Å². The van der Waals surface area contributed by atoms with Crippen molar-refractivity contribution in [1.29, 1.82) is 0 Å². The Morgan fingerprint density at radius 2 is 1.92 bits per heavy atom. The van der Waals surface area contributed by atoms with E-state index < -0.39 is 15.7 Å². The summed E-state index contributed by atoms with van der Waals surface area (Å²) in [5, 5.41) is 0. The number of ketones is 1. The van der Waals surface area contributed by atoms with Gasteiger partial charge in [0.05, 0.1) is 7.11 Å². The van der Waals surface area contributed by atoms with E-state index in [2.05, 4.69) is 36.6 Å². The van der Waals surface area contributed by atoms with Crippen LogP contribution in [0.3, 0.4) is 0 Å². The standard InChI is InChI=1S/C6H5Br2F3O2/c1-13-3(5(7)8)2-4(12)6(9,10)11/h2,5H,1H3/b3-2-. The molecule has 0 saturated carbocycles. The fourth-order valence-electron chi connectivity index (χ4n) is 0.422. The Kier molecular flexibility index (Phi) is 4.98. The Morgan fingerprint density at radius 3 is 2.15 bits per heavy atom. The van der Waals surface area contributed by atoms with Crippen LogP contribution in [0.2, 0.25) is 0 Å². The van der Waals surface area contributed by atoms with Crippen LogP contribution in [0.25, 0.3) is 0 Å². The van der Waals surface area contributed by atoms with Crippen LogP contribution in [0.5, 0.6) is 0 Å². The lowest BCUT2D eigenvalue weighted by Crippen LogP contribution is -2.21. The molecular weight excluding hydrogens is 321 g/mol. The zero-order valence-corrected chi connectivity index (χ0v) is 9.53. The number of hydrogen-bond donors (Lipinski definition) is 0. The number of carbonyl (C=O) groups is 1. The molecule has 0 unspecified atom stereocenters. The first-order valence-corrected chi connectivity index (χ1v) is 4.77. The van der Waals surface area contributed by atoms with Gasteiger partial charge in [-0.3, -0.25) is 4.79 Å². The molecule has 0 radical (unpaired) electrons. The van der Waals surface area contributed by atoms with Gasteiger partial charge in [0, 0.05) is 6.08 Å². The molecule has 0 aromatic carbocycles. The molecule has 0 heterocycles. The summed E-state index contributed by atoms with van der Waals surface area (Å²) in [4.78, 5) is 10.4. The topological polar surface area (TPSA) is 26.3 Å². The van der Waals surface area contributed by atoms with Crippen LogP contribution in [0.1, 0.15) is 0 Å². The number of allylic oxidation sites excluding steroid dienone is 2. The Labute approximate surface area is 89.4 Å². The molecule has 0 atom stereocenters. The lowest BCUT2D eigenvalue weighted by Gasteiger charge is -2.07. The molecule has 0 spiro atoms. The van der Waals surface area contributed by atoms with E-state index in [1.165, 1.54) is 7.11 Å². The molecule has 7 heteroatoms. The van der Waals surface area contributed by atoms with Gasteiger partial charge in [-0.1, -0.05) is 31.9 Å². The van der Waals surface area contributed by atoms with Crippen molar-refractivity contribution in [3.63, 3.8) is 0 Å². The predicted octanol–water partition coefficient (Wildman–Crippen LogP) is 2.76. The summed E-state index contributed by atoms with van der Waals surface area (Å²) in [5.74, 6) is -2.09. The van der Waals surface area contributed by atoms with E-state index in [1.54, 1.807) is 0 Å². The summed E-state index contributed by atoms with van der Waals surface area (Å²) < 4.78 is 39.1. The van der Waals surface area contributed by atoms with E-state index in [-0.39, 0.29) is 5.76 Å². The molecule has 2 nitrogen and oxygen atoms in total. The van der Waals surface area contributed by atoms with Crippen LogP contribution in [0.15, 0.2) is 11.8 Å². The second-order valence-electron chi connectivity index (χ2n) is 1.91. The van der Waals surface area contributed by atoms with E-state index in [1.807, 2.05) is 0 Å². The molecule has 0 aliphatic rings. The molecule has 0 aromatic heterocycles. The third-order valence-corrected chi connectivity index (χ3v) is 1.91. The summed E-state index contributed by atoms with van der Waals surface area (Å²) in [6, 6.07) is 0. The number of alkyl halides is 5. The smallest absolute Gasteiger partial charge is 0.454 e. The second-order valence-corrected chi connectivity index (χ2v) is 4.97. The Bertz CT molecular complexity index is 222. The summed E-state index contributed by atoms with van der Waals surface area (Å²) in [6.07, 6.45) is -4.48. The highest BCUT2D eigenvalue weighted by Gasteiger charge is 2.37. The van der Waals surface area contributed by atoms with Crippen LogP contribution < -0.4 is 0 Å². The van der Waals surface area contributed by atoms with Gasteiger partial charge in [0.15, 0.2) is 0 Å². The number of methoxy groups -OCH3 is 1. The highest BCUT2D eigenvalue weighted by atomic mass is 79.9. The average Bonchev–Trinajstić information content (AvgIpc) is 1.96. The van der Waals surface area contributed by atoms with Gasteiger partial charge >= 0.3 is 6.18 Å². The number of carbonyl (C=O) groups excluding carboxylic acids is 1. The minimum atomic E-state index is -4.86. The first-order valence-electron chi connectivity index (χ1n) is 2.94. The van der Waals surface area contributed by atoms with Crippen molar-refractivity contribution in [2.24, 2.45) is 0 Å². The highest BCUT2D eigenvalue weighted by Crippen LogP contribution is 2.23. The van der Waals surface area contributed by atoms with Gasteiger partial charge in [-0.05, 0) is 0 Å². The monoisotopic (exact) mass is 324 g/mol. The fourth-order valence-corrected chi connectivity index (χ4v) is 1.06. The van der Waals surface area contributed by atoms with E-state index in [9.17, 15) is 18.0 Å². The van der Waals surface area contributed by atoms with Gasteiger partial charge < -0.3 is 4.74 Å². The normalized spacial score (nSPS) is 13.3. The van der Waals surface area contributed by atoms with Gasteiger partial charge in [-0.25, -0.2) is 0 Å². The van der Waals surface area contributed by atoms with Crippen molar-refractivity contribution in [3.8, 4) is 0 Å². The predicted molar refractivity (Wildman–Crippen MR) is 47.8 cm³/mol. The molecule has 0 amide bonds. The zero-order valence-electron chi connectivity index (χ0n) is 6.36. The average molecular weight is 326 g/mol. The van der Waals surface area contributed by atoms with Crippen molar-refractivity contribution in [2.45, 2.75) is 9.91 Å². The van der Waals surface area contributed by atoms with Gasteiger partial charge in [0.2, 0.25) is 0 Å². The number of ether oxygens (including phenoxy) is 1.